The molecule has 0 saturated heterocycles. The Hall–Kier alpha value is -1.44. The second kappa shape index (κ2) is 7.21. The van der Waals surface area contributed by atoms with Crippen molar-refractivity contribution in [3.8, 4) is 5.88 Å². The molecule has 0 aromatic carbocycles. The quantitative estimate of drug-likeness (QED) is 0.880. The van der Waals surface area contributed by atoms with Crippen LogP contribution in [0.5, 0.6) is 5.88 Å². The summed E-state index contributed by atoms with van der Waals surface area (Å²) in [5, 5.41) is 0. The predicted molar refractivity (Wildman–Crippen MR) is 95.0 cm³/mol. The highest BCUT2D eigenvalue weighted by Crippen LogP contribution is 2.26. The van der Waals surface area contributed by atoms with Crippen LogP contribution in [-0.2, 0) is 10.0 Å². The summed E-state index contributed by atoms with van der Waals surface area (Å²) in [4.78, 5) is 5.26. The van der Waals surface area contributed by atoms with Crippen LogP contribution in [-0.4, -0.2) is 25.5 Å². The summed E-state index contributed by atoms with van der Waals surface area (Å²) in [6.07, 6.45) is 5.10. The van der Waals surface area contributed by atoms with Crippen LogP contribution in [0, 0.1) is 13.8 Å². The van der Waals surface area contributed by atoms with Crippen LogP contribution in [0.3, 0.4) is 0 Å². The zero-order valence-electron chi connectivity index (χ0n) is 13.9. The number of rotatable bonds is 5. The molecule has 0 atom stereocenters. The number of aromatic nitrogens is 1. The van der Waals surface area contributed by atoms with Gasteiger partial charge in [-0.15, -0.1) is 11.3 Å². The van der Waals surface area contributed by atoms with E-state index < -0.39 is 10.0 Å². The summed E-state index contributed by atoms with van der Waals surface area (Å²) < 4.78 is 33.9. The molecule has 0 radical (unpaired) electrons. The molecule has 7 heteroatoms. The van der Waals surface area contributed by atoms with Gasteiger partial charge in [0.05, 0.1) is 0 Å². The van der Waals surface area contributed by atoms with Crippen LogP contribution >= 0.6 is 11.3 Å². The van der Waals surface area contributed by atoms with E-state index in [2.05, 4.69) is 9.71 Å². The standard InChI is InChI=1S/C17H22N2O3S2/c1-12-3-9-16(18-11-12)22-15-7-5-14(6-8-15)19-24(20,21)17-10-4-13(2)23-17/h3-4,9-11,14-15,19H,5-8H2,1-2H3. The first-order valence-electron chi connectivity index (χ1n) is 8.10. The Morgan fingerprint density at radius 1 is 1.12 bits per heavy atom. The molecule has 0 bridgehead atoms. The highest BCUT2D eigenvalue weighted by molar-refractivity contribution is 7.91. The van der Waals surface area contributed by atoms with Crippen LogP contribution in [0.4, 0.5) is 0 Å². The summed E-state index contributed by atoms with van der Waals surface area (Å²) in [5.41, 5.74) is 1.10. The number of hydrogen-bond acceptors (Lipinski definition) is 5. The molecule has 1 fully saturated rings. The Bertz CT molecular complexity index is 776. The number of hydrogen-bond donors (Lipinski definition) is 1. The molecule has 2 aromatic heterocycles. The second-order valence-corrected chi connectivity index (χ2v) is 9.48. The lowest BCUT2D eigenvalue weighted by Gasteiger charge is -2.28. The van der Waals surface area contributed by atoms with Gasteiger partial charge in [-0.25, -0.2) is 18.1 Å². The van der Waals surface area contributed by atoms with Gasteiger partial charge in [0.2, 0.25) is 15.9 Å². The maximum absolute atomic E-state index is 12.4. The fourth-order valence-corrected chi connectivity index (χ4v) is 5.43. The molecular weight excluding hydrogens is 344 g/mol. The van der Waals surface area contributed by atoms with Gasteiger partial charge in [0.25, 0.3) is 0 Å². The highest BCUT2D eigenvalue weighted by Gasteiger charge is 2.27. The Morgan fingerprint density at radius 2 is 1.88 bits per heavy atom. The van der Waals surface area contributed by atoms with Crippen LogP contribution in [0.15, 0.2) is 34.7 Å². The van der Waals surface area contributed by atoms with E-state index in [-0.39, 0.29) is 12.1 Å². The lowest BCUT2D eigenvalue weighted by Crippen LogP contribution is -2.39. The molecule has 0 amide bonds. The summed E-state index contributed by atoms with van der Waals surface area (Å²) >= 11 is 1.30. The average Bonchev–Trinajstić information content (AvgIpc) is 2.99. The van der Waals surface area contributed by atoms with Crippen LogP contribution in [0.1, 0.15) is 36.1 Å². The molecule has 0 aliphatic heterocycles. The fraction of sp³-hybridized carbons (Fsp3) is 0.471. The first-order valence-corrected chi connectivity index (χ1v) is 10.4. The Balaban J connectivity index is 1.52. The van der Waals surface area contributed by atoms with Gasteiger partial charge in [0.1, 0.15) is 10.3 Å². The maximum Gasteiger partial charge on any atom is 0.250 e. The summed E-state index contributed by atoms with van der Waals surface area (Å²) in [5.74, 6) is 0.638. The van der Waals surface area contributed by atoms with Crippen molar-refractivity contribution in [1.82, 2.24) is 9.71 Å². The van der Waals surface area contributed by atoms with E-state index in [1.54, 1.807) is 12.3 Å². The Morgan fingerprint density at radius 3 is 2.46 bits per heavy atom. The number of thiophene rings is 1. The van der Waals surface area contributed by atoms with Crippen molar-refractivity contribution in [3.63, 3.8) is 0 Å². The van der Waals surface area contributed by atoms with Gasteiger partial charge in [-0.2, -0.15) is 0 Å². The molecule has 5 nitrogen and oxygen atoms in total. The van der Waals surface area contributed by atoms with Crippen molar-refractivity contribution in [3.05, 3.63) is 40.9 Å². The minimum atomic E-state index is -3.40. The number of sulfonamides is 1. The SMILES string of the molecule is Cc1ccc(OC2CCC(NS(=O)(=O)c3ccc(C)s3)CC2)nc1. The van der Waals surface area contributed by atoms with E-state index in [0.717, 1.165) is 36.1 Å². The largest absolute Gasteiger partial charge is 0.474 e. The number of nitrogens with zero attached hydrogens (tertiary/aromatic N) is 1. The molecule has 1 aliphatic rings. The molecule has 24 heavy (non-hydrogen) atoms. The van der Waals surface area contributed by atoms with Gasteiger partial charge in [0.15, 0.2) is 0 Å². The molecule has 3 rings (SSSR count). The minimum Gasteiger partial charge on any atom is -0.474 e. The minimum absolute atomic E-state index is 0.0248. The first-order chi connectivity index (χ1) is 11.4. The summed E-state index contributed by atoms with van der Waals surface area (Å²) in [6.45, 7) is 3.90. The summed E-state index contributed by atoms with van der Waals surface area (Å²) in [6, 6.07) is 7.33. The van der Waals surface area contributed by atoms with Crippen molar-refractivity contribution in [2.45, 2.75) is 55.9 Å². The van der Waals surface area contributed by atoms with Crippen molar-refractivity contribution in [2.24, 2.45) is 0 Å². The normalized spacial score (nSPS) is 21.6. The van der Waals surface area contributed by atoms with E-state index in [1.807, 2.05) is 32.0 Å². The molecule has 0 unspecified atom stereocenters. The zero-order chi connectivity index (χ0) is 17.2. The third kappa shape index (κ3) is 4.34. The number of ether oxygens (including phenoxy) is 1. The Labute approximate surface area is 147 Å². The zero-order valence-corrected chi connectivity index (χ0v) is 15.5. The summed E-state index contributed by atoms with van der Waals surface area (Å²) in [7, 11) is -3.40. The van der Waals surface area contributed by atoms with Crippen LogP contribution in [0.2, 0.25) is 0 Å². The van der Waals surface area contributed by atoms with Gasteiger partial charge in [-0.3, -0.25) is 0 Å². The molecular formula is C17H22N2O3S2. The van der Waals surface area contributed by atoms with Gasteiger partial charge in [0, 0.05) is 23.2 Å². The topological polar surface area (TPSA) is 68.3 Å². The van der Waals surface area contributed by atoms with Crippen LogP contribution in [0.25, 0.3) is 0 Å². The molecule has 1 aliphatic carbocycles. The fourth-order valence-electron chi connectivity index (χ4n) is 2.83. The monoisotopic (exact) mass is 366 g/mol. The Kier molecular flexibility index (Phi) is 5.22. The maximum atomic E-state index is 12.4. The number of pyridine rings is 1. The molecule has 1 saturated carbocycles. The van der Waals surface area contributed by atoms with Crippen molar-refractivity contribution >= 4 is 21.4 Å². The van der Waals surface area contributed by atoms with Gasteiger partial charge >= 0.3 is 0 Å². The third-order valence-corrected chi connectivity index (χ3v) is 7.16. The van der Waals surface area contributed by atoms with Crippen molar-refractivity contribution < 1.29 is 13.2 Å². The van der Waals surface area contributed by atoms with E-state index in [0.29, 0.717) is 10.1 Å². The molecule has 2 heterocycles. The van der Waals surface area contributed by atoms with Gasteiger partial charge < -0.3 is 4.74 Å². The van der Waals surface area contributed by atoms with Gasteiger partial charge in [-0.05, 0) is 57.2 Å². The lowest BCUT2D eigenvalue weighted by molar-refractivity contribution is 0.138. The van der Waals surface area contributed by atoms with Crippen molar-refractivity contribution in [2.75, 3.05) is 0 Å². The predicted octanol–water partition coefficient (Wildman–Crippen LogP) is 3.43. The first kappa shape index (κ1) is 17.4. The van der Waals surface area contributed by atoms with Crippen molar-refractivity contribution in [1.29, 1.82) is 0 Å². The number of nitrogens with one attached hydrogen (secondary N) is 1. The smallest absolute Gasteiger partial charge is 0.250 e. The van der Waals surface area contributed by atoms with E-state index >= 15 is 0 Å². The molecule has 2 aromatic rings. The van der Waals surface area contributed by atoms with E-state index in [4.69, 9.17) is 4.74 Å². The molecule has 130 valence electrons. The second-order valence-electron chi connectivity index (χ2n) is 6.25. The number of aryl methyl sites for hydroxylation is 2. The van der Waals surface area contributed by atoms with E-state index in [9.17, 15) is 8.42 Å². The average molecular weight is 367 g/mol. The third-order valence-electron chi connectivity index (χ3n) is 4.15. The molecule has 0 spiro atoms. The van der Waals surface area contributed by atoms with Gasteiger partial charge in [-0.1, -0.05) is 6.07 Å². The van der Waals surface area contributed by atoms with E-state index in [1.165, 1.54) is 11.3 Å². The highest BCUT2D eigenvalue weighted by atomic mass is 32.2. The lowest BCUT2D eigenvalue weighted by atomic mass is 9.94. The molecule has 1 N–H and O–H groups in total. The van der Waals surface area contributed by atoms with Crippen LogP contribution < -0.4 is 9.46 Å².